The van der Waals surface area contributed by atoms with Crippen LogP contribution in [0.25, 0.3) is 16.6 Å². The van der Waals surface area contributed by atoms with Crippen molar-refractivity contribution in [3.05, 3.63) is 88.7 Å². The molecule has 4 rings (SSSR count). The number of aromatic nitrogens is 2. The van der Waals surface area contributed by atoms with Gasteiger partial charge in [0.25, 0.3) is 0 Å². The molecule has 0 aliphatic rings. The third-order valence-corrected chi connectivity index (χ3v) is 5.29. The van der Waals surface area contributed by atoms with Crippen molar-refractivity contribution >= 4 is 34.2 Å². The molecule has 0 radical (unpaired) electrons. The Morgan fingerprint density at radius 3 is 2.36 bits per heavy atom. The van der Waals surface area contributed by atoms with E-state index in [1.54, 1.807) is 17.8 Å². The minimum Gasteiger partial charge on any atom is -0.341 e. The van der Waals surface area contributed by atoms with E-state index in [9.17, 15) is 4.79 Å². The minimum atomic E-state index is -0.0240. The quantitative estimate of drug-likeness (QED) is 0.456. The van der Waals surface area contributed by atoms with Crippen molar-refractivity contribution < 1.29 is 0 Å². The van der Waals surface area contributed by atoms with Crippen LogP contribution in [-0.2, 0) is 0 Å². The highest BCUT2D eigenvalue weighted by molar-refractivity contribution is 7.99. The van der Waals surface area contributed by atoms with E-state index in [2.05, 4.69) is 21.8 Å². The van der Waals surface area contributed by atoms with Gasteiger partial charge in [-0.25, -0.2) is 4.98 Å². The summed E-state index contributed by atoms with van der Waals surface area (Å²) in [6, 6.07) is 23.6. The second kappa shape index (κ2) is 7.90. The Hall–Kier alpha value is -3.05. The van der Waals surface area contributed by atoms with Crippen molar-refractivity contribution in [2.45, 2.75) is 18.9 Å². The molecule has 0 saturated heterocycles. The third-order valence-electron chi connectivity index (χ3n) is 4.43. The van der Waals surface area contributed by atoms with Crippen LogP contribution >= 0.6 is 11.8 Å². The van der Waals surface area contributed by atoms with Gasteiger partial charge in [0.2, 0.25) is 0 Å². The van der Waals surface area contributed by atoms with Gasteiger partial charge in [-0.2, -0.15) is 0 Å². The summed E-state index contributed by atoms with van der Waals surface area (Å²) in [5.74, 6) is 1.59. The monoisotopic (exact) mass is 387 g/mol. The summed E-state index contributed by atoms with van der Waals surface area (Å²) < 4.78 is 2.10. The summed E-state index contributed by atoms with van der Waals surface area (Å²) in [5.41, 5.74) is 3.65. The summed E-state index contributed by atoms with van der Waals surface area (Å²) in [6.07, 6.45) is 0. The highest BCUT2D eigenvalue weighted by atomic mass is 32.2. The topological polar surface area (TPSA) is 46.9 Å². The van der Waals surface area contributed by atoms with Crippen LogP contribution < -0.4 is 10.7 Å². The predicted octanol–water partition coefficient (Wildman–Crippen LogP) is 5.55. The number of thioether (sulfide) groups is 1. The SMILES string of the molecule is CCSc1nc(C)cc2c1c(=O)cc(Nc1ccccc1)n2-c1ccccc1. The molecule has 4 nitrogen and oxygen atoms in total. The first-order valence-electron chi connectivity index (χ1n) is 9.25. The molecule has 28 heavy (non-hydrogen) atoms. The molecule has 0 saturated carbocycles. The maximum Gasteiger partial charge on any atom is 0.194 e. The van der Waals surface area contributed by atoms with E-state index < -0.39 is 0 Å². The number of para-hydroxylation sites is 2. The Balaban J connectivity index is 2.05. The van der Waals surface area contributed by atoms with Crippen LogP contribution in [0.3, 0.4) is 0 Å². The van der Waals surface area contributed by atoms with Crippen LogP contribution in [0.2, 0.25) is 0 Å². The molecule has 5 heteroatoms. The Morgan fingerprint density at radius 1 is 1.00 bits per heavy atom. The molecule has 0 bridgehead atoms. The summed E-state index contributed by atoms with van der Waals surface area (Å²) >= 11 is 1.60. The van der Waals surface area contributed by atoms with Crippen LogP contribution in [0, 0.1) is 6.92 Å². The summed E-state index contributed by atoms with van der Waals surface area (Å²) in [6.45, 7) is 4.04. The first-order valence-corrected chi connectivity index (χ1v) is 10.2. The Bertz CT molecular complexity index is 1170. The zero-order valence-corrected chi connectivity index (χ0v) is 16.7. The van der Waals surface area contributed by atoms with Gasteiger partial charge in [0.1, 0.15) is 10.8 Å². The van der Waals surface area contributed by atoms with Crippen molar-refractivity contribution in [1.29, 1.82) is 0 Å². The van der Waals surface area contributed by atoms with E-state index in [4.69, 9.17) is 0 Å². The Morgan fingerprint density at radius 2 is 1.68 bits per heavy atom. The van der Waals surface area contributed by atoms with E-state index >= 15 is 0 Å². The molecule has 4 aromatic rings. The van der Waals surface area contributed by atoms with E-state index in [1.807, 2.05) is 73.7 Å². The molecular weight excluding hydrogens is 366 g/mol. The highest BCUT2D eigenvalue weighted by Gasteiger charge is 2.16. The fourth-order valence-electron chi connectivity index (χ4n) is 3.28. The van der Waals surface area contributed by atoms with E-state index in [0.717, 1.165) is 39.2 Å². The van der Waals surface area contributed by atoms with Crippen LogP contribution in [0.15, 0.2) is 82.6 Å². The fraction of sp³-hybridized carbons (Fsp3) is 0.130. The number of hydrogen-bond donors (Lipinski definition) is 1. The van der Waals surface area contributed by atoms with Crippen molar-refractivity contribution in [3.8, 4) is 5.69 Å². The fourth-order valence-corrected chi connectivity index (χ4v) is 4.12. The molecule has 2 heterocycles. The molecule has 0 atom stereocenters. The van der Waals surface area contributed by atoms with Gasteiger partial charge >= 0.3 is 0 Å². The van der Waals surface area contributed by atoms with Gasteiger partial charge in [0, 0.05) is 23.1 Å². The highest BCUT2D eigenvalue weighted by Crippen LogP contribution is 2.30. The van der Waals surface area contributed by atoms with Crippen molar-refractivity contribution in [1.82, 2.24) is 9.55 Å². The lowest BCUT2D eigenvalue weighted by Crippen LogP contribution is -2.14. The first kappa shape index (κ1) is 18.3. The smallest absolute Gasteiger partial charge is 0.194 e. The minimum absolute atomic E-state index is 0.0240. The van der Waals surface area contributed by atoms with Gasteiger partial charge in [0.15, 0.2) is 5.43 Å². The molecular formula is C23H21N3OS. The van der Waals surface area contributed by atoms with Gasteiger partial charge < -0.3 is 5.32 Å². The average molecular weight is 388 g/mol. The molecule has 0 fully saturated rings. The molecule has 0 aliphatic heterocycles. The predicted molar refractivity (Wildman–Crippen MR) is 118 cm³/mol. The lowest BCUT2D eigenvalue weighted by atomic mass is 10.2. The lowest BCUT2D eigenvalue weighted by Gasteiger charge is -2.19. The Kier molecular flexibility index (Phi) is 5.17. The number of aryl methyl sites for hydroxylation is 1. The van der Waals surface area contributed by atoms with Gasteiger partial charge in [-0.3, -0.25) is 9.36 Å². The van der Waals surface area contributed by atoms with E-state index in [-0.39, 0.29) is 5.43 Å². The number of hydrogen-bond acceptors (Lipinski definition) is 4. The van der Waals surface area contributed by atoms with Gasteiger partial charge in [0.05, 0.1) is 10.9 Å². The van der Waals surface area contributed by atoms with Gasteiger partial charge in [-0.15, -0.1) is 11.8 Å². The van der Waals surface area contributed by atoms with Crippen LogP contribution in [-0.4, -0.2) is 15.3 Å². The number of anilines is 2. The van der Waals surface area contributed by atoms with Crippen LogP contribution in [0.5, 0.6) is 0 Å². The Labute approximate surface area is 168 Å². The largest absolute Gasteiger partial charge is 0.341 e. The molecule has 2 aromatic heterocycles. The van der Waals surface area contributed by atoms with E-state index in [0.29, 0.717) is 5.39 Å². The van der Waals surface area contributed by atoms with Gasteiger partial charge in [-0.05, 0) is 43.0 Å². The molecule has 0 amide bonds. The van der Waals surface area contributed by atoms with Crippen LogP contribution in [0.1, 0.15) is 12.6 Å². The number of benzene rings is 2. The van der Waals surface area contributed by atoms with Crippen molar-refractivity contribution in [2.24, 2.45) is 0 Å². The second-order valence-corrected chi connectivity index (χ2v) is 7.70. The van der Waals surface area contributed by atoms with Crippen LogP contribution in [0.4, 0.5) is 11.5 Å². The van der Waals surface area contributed by atoms with Crippen molar-refractivity contribution in [2.75, 3.05) is 11.1 Å². The maximum absolute atomic E-state index is 13.1. The zero-order chi connectivity index (χ0) is 19.5. The molecule has 140 valence electrons. The number of nitrogens with zero attached hydrogens (tertiary/aromatic N) is 2. The molecule has 0 aliphatic carbocycles. The van der Waals surface area contributed by atoms with Crippen molar-refractivity contribution in [3.63, 3.8) is 0 Å². The number of pyridine rings is 2. The maximum atomic E-state index is 13.1. The summed E-state index contributed by atoms with van der Waals surface area (Å²) in [5, 5.41) is 4.87. The number of rotatable bonds is 5. The number of fused-ring (bicyclic) bond motifs is 1. The third kappa shape index (κ3) is 3.53. The standard InChI is InChI=1S/C23H21N3OS/c1-3-28-23-22-19(14-16(2)24-23)26(18-12-8-5-9-13-18)21(15-20(22)27)25-17-10-6-4-7-11-17/h4-15,25H,3H2,1-2H3. The van der Waals surface area contributed by atoms with Gasteiger partial charge in [-0.1, -0.05) is 43.3 Å². The summed E-state index contributed by atoms with van der Waals surface area (Å²) in [4.78, 5) is 17.7. The first-order chi connectivity index (χ1) is 13.7. The summed E-state index contributed by atoms with van der Waals surface area (Å²) in [7, 11) is 0. The second-order valence-electron chi connectivity index (χ2n) is 6.45. The zero-order valence-electron chi connectivity index (χ0n) is 15.8. The molecule has 2 aromatic carbocycles. The molecule has 0 spiro atoms. The van der Waals surface area contributed by atoms with E-state index in [1.165, 1.54) is 0 Å². The lowest BCUT2D eigenvalue weighted by molar-refractivity contribution is 1.05. The number of nitrogens with one attached hydrogen (secondary N) is 1. The molecule has 1 N–H and O–H groups in total. The average Bonchev–Trinajstić information content (AvgIpc) is 2.69. The normalized spacial score (nSPS) is 10.9. The molecule has 0 unspecified atom stereocenters.